The SMILES string of the molecule is CC(C)(CC/C=C/Cn1ccc(=O)[nH]c1=O)NS(=O)(=O)c1ccccc1. The van der Waals surface area contributed by atoms with Crippen molar-refractivity contribution in [3.05, 3.63) is 75.6 Å². The molecular weight excluding hydrogens is 354 g/mol. The van der Waals surface area contributed by atoms with Crippen LogP contribution in [0, 0.1) is 0 Å². The molecule has 0 fully saturated rings. The highest BCUT2D eigenvalue weighted by Gasteiger charge is 2.25. The van der Waals surface area contributed by atoms with Gasteiger partial charge in [0.2, 0.25) is 10.0 Å². The number of allylic oxidation sites excluding steroid dienone is 2. The van der Waals surface area contributed by atoms with E-state index in [1.165, 1.54) is 16.8 Å². The molecule has 0 spiro atoms. The maximum atomic E-state index is 12.4. The zero-order valence-electron chi connectivity index (χ0n) is 14.8. The van der Waals surface area contributed by atoms with Gasteiger partial charge in [0.15, 0.2) is 0 Å². The third kappa shape index (κ3) is 5.82. The quantitative estimate of drug-likeness (QED) is 0.683. The molecule has 0 bridgehead atoms. The fourth-order valence-electron chi connectivity index (χ4n) is 2.41. The summed E-state index contributed by atoms with van der Waals surface area (Å²) in [6, 6.07) is 9.53. The first-order valence-corrected chi connectivity index (χ1v) is 9.72. The van der Waals surface area contributed by atoms with Crippen molar-refractivity contribution in [1.82, 2.24) is 14.3 Å². The van der Waals surface area contributed by atoms with Gasteiger partial charge in [0, 0.05) is 24.3 Å². The molecule has 1 heterocycles. The zero-order valence-corrected chi connectivity index (χ0v) is 15.6. The summed E-state index contributed by atoms with van der Waals surface area (Å²) in [5.74, 6) is 0. The van der Waals surface area contributed by atoms with Crippen molar-refractivity contribution < 1.29 is 8.42 Å². The van der Waals surface area contributed by atoms with Gasteiger partial charge in [0.05, 0.1) is 4.90 Å². The monoisotopic (exact) mass is 377 g/mol. The standard InChI is InChI=1S/C18H23N3O4S/c1-18(2,20-26(24,25)15-9-5-3-6-10-15)12-7-4-8-13-21-14-11-16(22)19-17(21)23/h3-6,8-11,14,20H,7,12-13H2,1-2H3,(H,19,22,23)/b8-4+. The number of nitrogens with zero attached hydrogens (tertiary/aromatic N) is 1. The van der Waals surface area contributed by atoms with Crippen LogP contribution >= 0.6 is 0 Å². The Morgan fingerprint density at radius 3 is 2.46 bits per heavy atom. The van der Waals surface area contributed by atoms with Crippen molar-refractivity contribution in [2.45, 2.75) is 43.7 Å². The Morgan fingerprint density at radius 2 is 1.81 bits per heavy atom. The number of hydrogen-bond donors (Lipinski definition) is 2. The van der Waals surface area contributed by atoms with E-state index in [1.54, 1.807) is 30.3 Å². The van der Waals surface area contributed by atoms with Crippen LogP contribution in [0.3, 0.4) is 0 Å². The van der Waals surface area contributed by atoms with Gasteiger partial charge in [0.1, 0.15) is 0 Å². The van der Waals surface area contributed by atoms with Crippen LogP contribution < -0.4 is 16.0 Å². The van der Waals surface area contributed by atoms with Crippen molar-refractivity contribution >= 4 is 10.0 Å². The molecule has 0 aliphatic carbocycles. The summed E-state index contributed by atoms with van der Waals surface area (Å²) in [7, 11) is -3.57. The lowest BCUT2D eigenvalue weighted by molar-refractivity contribution is 0.425. The van der Waals surface area contributed by atoms with Gasteiger partial charge in [-0.1, -0.05) is 30.4 Å². The molecule has 0 saturated carbocycles. The van der Waals surface area contributed by atoms with E-state index in [2.05, 4.69) is 9.71 Å². The number of benzene rings is 1. The molecule has 0 aliphatic rings. The van der Waals surface area contributed by atoms with Crippen LogP contribution in [0.1, 0.15) is 26.7 Å². The predicted molar refractivity (Wildman–Crippen MR) is 101 cm³/mol. The van der Waals surface area contributed by atoms with E-state index in [9.17, 15) is 18.0 Å². The number of rotatable bonds is 8. The Bertz CT molecular complexity index is 973. The van der Waals surface area contributed by atoms with Gasteiger partial charge in [-0.2, -0.15) is 0 Å². The summed E-state index contributed by atoms with van der Waals surface area (Å²) in [4.78, 5) is 25.0. The lowest BCUT2D eigenvalue weighted by Crippen LogP contribution is -2.43. The minimum absolute atomic E-state index is 0.237. The Kier molecular flexibility index (Phi) is 6.33. The van der Waals surface area contributed by atoms with Gasteiger partial charge < -0.3 is 0 Å². The minimum Gasteiger partial charge on any atom is -0.297 e. The van der Waals surface area contributed by atoms with Crippen LogP contribution in [0.4, 0.5) is 0 Å². The number of sulfonamides is 1. The molecule has 0 saturated heterocycles. The lowest BCUT2D eigenvalue weighted by atomic mass is 10.00. The zero-order chi connectivity index (χ0) is 19.2. The second kappa shape index (κ2) is 8.29. The van der Waals surface area contributed by atoms with E-state index in [0.29, 0.717) is 19.4 Å². The van der Waals surface area contributed by atoms with Crippen LogP contribution in [0.25, 0.3) is 0 Å². The highest BCUT2D eigenvalue weighted by atomic mass is 32.2. The maximum absolute atomic E-state index is 12.4. The summed E-state index contributed by atoms with van der Waals surface area (Å²) in [5, 5.41) is 0. The van der Waals surface area contributed by atoms with Gasteiger partial charge in [-0.15, -0.1) is 0 Å². The summed E-state index contributed by atoms with van der Waals surface area (Å²) >= 11 is 0. The largest absolute Gasteiger partial charge is 0.328 e. The third-order valence-corrected chi connectivity index (χ3v) is 5.48. The van der Waals surface area contributed by atoms with Crippen LogP contribution in [-0.4, -0.2) is 23.5 Å². The highest BCUT2D eigenvalue weighted by Crippen LogP contribution is 2.17. The molecule has 2 aromatic rings. The highest BCUT2D eigenvalue weighted by molar-refractivity contribution is 7.89. The number of H-pyrrole nitrogens is 1. The number of nitrogens with one attached hydrogen (secondary N) is 2. The third-order valence-electron chi connectivity index (χ3n) is 3.77. The van der Waals surface area contributed by atoms with Crippen molar-refractivity contribution in [3.8, 4) is 0 Å². The molecule has 1 aromatic carbocycles. The molecule has 2 rings (SSSR count). The van der Waals surface area contributed by atoms with E-state index in [-0.39, 0.29) is 4.90 Å². The first-order valence-electron chi connectivity index (χ1n) is 8.23. The van der Waals surface area contributed by atoms with E-state index in [0.717, 1.165) is 0 Å². The van der Waals surface area contributed by atoms with Crippen molar-refractivity contribution in [2.75, 3.05) is 0 Å². The molecule has 2 N–H and O–H groups in total. The molecule has 0 unspecified atom stereocenters. The van der Waals surface area contributed by atoms with Crippen LogP contribution in [0.15, 0.2) is 69.2 Å². The summed E-state index contributed by atoms with van der Waals surface area (Å²) < 4.78 is 28.9. The normalized spacial score (nSPS) is 12.5. The summed E-state index contributed by atoms with van der Waals surface area (Å²) in [6.07, 6.45) is 6.36. The second-order valence-corrected chi connectivity index (χ2v) is 8.26. The van der Waals surface area contributed by atoms with E-state index < -0.39 is 26.8 Å². The number of hydrogen-bond acceptors (Lipinski definition) is 4. The molecular formula is C18H23N3O4S. The fourth-order valence-corrected chi connectivity index (χ4v) is 3.87. The molecule has 1 aromatic heterocycles. The van der Waals surface area contributed by atoms with Gasteiger partial charge >= 0.3 is 5.69 Å². The average molecular weight is 377 g/mol. The van der Waals surface area contributed by atoms with Gasteiger partial charge in [0.25, 0.3) is 5.56 Å². The Hall–Kier alpha value is -2.45. The Labute approximate surface area is 152 Å². The van der Waals surface area contributed by atoms with Crippen LogP contribution in [0.2, 0.25) is 0 Å². The summed E-state index contributed by atoms with van der Waals surface area (Å²) in [5.41, 5.74) is -1.51. The first-order chi connectivity index (χ1) is 12.2. The number of aromatic nitrogens is 2. The average Bonchev–Trinajstić information content (AvgIpc) is 2.56. The molecule has 7 nitrogen and oxygen atoms in total. The fraction of sp³-hybridized carbons (Fsp3) is 0.333. The van der Waals surface area contributed by atoms with E-state index >= 15 is 0 Å². The van der Waals surface area contributed by atoms with Gasteiger partial charge in [-0.25, -0.2) is 17.9 Å². The lowest BCUT2D eigenvalue weighted by Gasteiger charge is -2.25. The summed E-state index contributed by atoms with van der Waals surface area (Å²) in [6.45, 7) is 3.99. The smallest absolute Gasteiger partial charge is 0.297 e. The molecule has 0 aliphatic heterocycles. The van der Waals surface area contributed by atoms with Crippen molar-refractivity contribution in [3.63, 3.8) is 0 Å². The molecule has 26 heavy (non-hydrogen) atoms. The predicted octanol–water partition coefficient (Wildman–Crippen LogP) is 1.63. The first kappa shape index (κ1) is 19.9. The van der Waals surface area contributed by atoms with E-state index in [1.807, 2.05) is 26.0 Å². The molecule has 8 heteroatoms. The Morgan fingerprint density at radius 1 is 1.12 bits per heavy atom. The van der Waals surface area contributed by atoms with Gasteiger partial charge in [-0.05, 0) is 38.8 Å². The van der Waals surface area contributed by atoms with Gasteiger partial charge in [-0.3, -0.25) is 14.3 Å². The van der Waals surface area contributed by atoms with E-state index in [4.69, 9.17) is 0 Å². The molecule has 0 amide bonds. The second-order valence-electron chi connectivity index (χ2n) is 6.58. The maximum Gasteiger partial charge on any atom is 0.328 e. The van der Waals surface area contributed by atoms with Crippen LogP contribution in [0.5, 0.6) is 0 Å². The molecule has 0 atom stereocenters. The molecule has 0 radical (unpaired) electrons. The van der Waals surface area contributed by atoms with Crippen molar-refractivity contribution in [1.29, 1.82) is 0 Å². The Balaban J connectivity index is 1.89. The minimum atomic E-state index is -3.57. The van der Waals surface area contributed by atoms with Crippen LogP contribution in [-0.2, 0) is 16.6 Å². The van der Waals surface area contributed by atoms with Crippen molar-refractivity contribution in [2.24, 2.45) is 0 Å². The number of aromatic amines is 1. The topological polar surface area (TPSA) is 101 Å². The molecule has 140 valence electrons.